The van der Waals surface area contributed by atoms with Gasteiger partial charge >= 0.3 is 0 Å². The maximum absolute atomic E-state index is 3.58. The molecule has 0 rings (SSSR count). The molecular formula is C7H15Br. The van der Waals surface area contributed by atoms with Crippen molar-refractivity contribution in [3.8, 4) is 0 Å². The van der Waals surface area contributed by atoms with Crippen LogP contribution in [0.3, 0.4) is 0 Å². The van der Waals surface area contributed by atoms with Crippen LogP contribution in [-0.4, -0.2) is 4.83 Å². The zero-order chi connectivity index (χ0) is 6.41. The lowest BCUT2D eigenvalue weighted by Gasteiger charge is -2.02. The van der Waals surface area contributed by atoms with Crippen LogP contribution in [-0.2, 0) is 0 Å². The summed E-state index contributed by atoms with van der Waals surface area (Å²) in [4.78, 5) is 0.766. The quantitative estimate of drug-likeness (QED) is 0.580. The van der Waals surface area contributed by atoms with Gasteiger partial charge in [-0.1, -0.05) is 42.6 Å². The molecule has 0 spiro atoms. The third-order valence-electron chi connectivity index (χ3n) is 1.31. The normalized spacial score (nSPS) is 13.9. The SMILES string of the molecule is CCCC[C@H](Br)CC. The summed E-state index contributed by atoms with van der Waals surface area (Å²) in [5.74, 6) is 0. The lowest BCUT2D eigenvalue weighted by molar-refractivity contribution is 0.678. The van der Waals surface area contributed by atoms with Crippen molar-refractivity contribution in [2.75, 3.05) is 0 Å². The Bertz CT molecular complexity index is 43.7. The van der Waals surface area contributed by atoms with E-state index in [0.29, 0.717) is 0 Å². The summed E-state index contributed by atoms with van der Waals surface area (Å²) in [5, 5.41) is 0. The average Bonchev–Trinajstić information content (AvgIpc) is 1.83. The molecule has 0 bridgehead atoms. The molecule has 0 nitrogen and oxygen atoms in total. The summed E-state index contributed by atoms with van der Waals surface area (Å²) in [5.41, 5.74) is 0. The molecule has 0 aliphatic heterocycles. The van der Waals surface area contributed by atoms with E-state index in [1.807, 2.05) is 0 Å². The second kappa shape index (κ2) is 5.61. The van der Waals surface area contributed by atoms with Crippen molar-refractivity contribution in [3.63, 3.8) is 0 Å². The molecule has 0 heterocycles. The molecule has 1 heteroatoms. The van der Waals surface area contributed by atoms with E-state index in [1.165, 1.54) is 25.7 Å². The van der Waals surface area contributed by atoms with Gasteiger partial charge in [0.15, 0.2) is 0 Å². The third kappa shape index (κ3) is 4.63. The van der Waals surface area contributed by atoms with Gasteiger partial charge in [-0.05, 0) is 12.8 Å². The molecule has 0 aliphatic carbocycles. The van der Waals surface area contributed by atoms with E-state index >= 15 is 0 Å². The fourth-order valence-electron chi connectivity index (χ4n) is 0.630. The molecule has 50 valence electrons. The number of hydrogen-bond acceptors (Lipinski definition) is 0. The highest BCUT2D eigenvalue weighted by Crippen LogP contribution is 2.12. The predicted molar refractivity (Wildman–Crippen MR) is 42.5 cm³/mol. The minimum atomic E-state index is 0.766. The molecule has 0 N–H and O–H groups in total. The van der Waals surface area contributed by atoms with Gasteiger partial charge in [0, 0.05) is 4.83 Å². The first kappa shape index (κ1) is 8.48. The van der Waals surface area contributed by atoms with E-state index in [0.717, 1.165) is 4.83 Å². The number of alkyl halides is 1. The van der Waals surface area contributed by atoms with Crippen molar-refractivity contribution in [1.29, 1.82) is 0 Å². The Morgan fingerprint density at radius 3 is 2.38 bits per heavy atom. The molecule has 1 atom stereocenters. The summed E-state index contributed by atoms with van der Waals surface area (Å²) in [6, 6.07) is 0. The average molecular weight is 179 g/mol. The van der Waals surface area contributed by atoms with Crippen molar-refractivity contribution in [1.82, 2.24) is 0 Å². The van der Waals surface area contributed by atoms with Crippen LogP contribution in [0.15, 0.2) is 0 Å². The van der Waals surface area contributed by atoms with Gasteiger partial charge < -0.3 is 0 Å². The Balaban J connectivity index is 2.86. The smallest absolute Gasteiger partial charge is 0.0143 e. The van der Waals surface area contributed by atoms with Gasteiger partial charge in [0.25, 0.3) is 0 Å². The Morgan fingerprint density at radius 1 is 1.38 bits per heavy atom. The second-order valence-corrected chi connectivity index (χ2v) is 3.44. The van der Waals surface area contributed by atoms with Crippen LogP contribution >= 0.6 is 15.9 Å². The summed E-state index contributed by atoms with van der Waals surface area (Å²) < 4.78 is 0. The molecule has 0 aliphatic rings. The fourth-order valence-corrected chi connectivity index (χ4v) is 0.953. The first-order chi connectivity index (χ1) is 3.81. The first-order valence-corrected chi connectivity index (χ1v) is 4.36. The van der Waals surface area contributed by atoms with Crippen molar-refractivity contribution < 1.29 is 0 Å². The molecule has 0 aromatic rings. The molecule has 0 aromatic heterocycles. The van der Waals surface area contributed by atoms with Gasteiger partial charge in [-0.25, -0.2) is 0 Å². The molecule has 0 radical (unpaired) electrons. The standard InChI is InChI=1S/C7H15Br/c1-3-5-6-7(8)4-2/h7H,3-6H2,1-2H3/t7-/m1/s1. The fraction of sp³-hybridized carbons (Fsp3) is 1.00. The monoisotopic (exact) mass is 178 g/mol. The van der Waals surface area contributed by atoms with Crippen molar-refractivity contribution >= 4 is 15.9 Å². The van der Waals surface area contributed by atoms with Gasteiger partial charge in [-0.2, -0.15) is 0 Å². The maximum atomic E-state index is 3.58. The zero-order valence-corrected chi connectivity index (χ0v) is 7.37. The number of rotatable bonds is 4. The van der Waals surface area contributed by atoms with E-state index in [1.54, 1.807) is 0 Å². The summed E-state index contributed by atoms with van der Waals surface area (Å²) >= 11 is 3.58. The lowest BCUT2D eigenvalue weighted by Crippen LogP contribution is -1.92. The molecule has 0 saturated carbocycles. The highest BCUT2D eigenvalue weighted by Gasteiger charge is 1.96. The minimum absolute atomic E-state index is 0.766. The van der Waals surface area contributed by atoms with E-state index in [4.69, 9.17) is 0 Å². The molecule has 0 amide bonds. The van der Waals surface area contributed by atoms with Crippen molar-refractivity contribution in [3.05, 3.63) is 0 Å². The summed E-state index contributed by atoms with van der Waals surface area (Å²) in [6.45, 7) is 4.45. The highest BCUT2D eigenvalue weighted by molar-refractivity contribution is 9.09. The molecule has 0 aromatic carbocycles. The molecule has 8 heavy (non-hydrogen) atoms. The van der Waals surface area contributed by atoms with Crippen LogP contribution in [0.25, 0.3) is 0 Å². The Hall–Kier alpha value is 0.480. The van der Waals surface area contributed by atoms with Crippen LogP contribution in [0.1, 0.15) is 39.5 Å². The van der Waals surface area contributed by atoms with E-state index < -0.39 is 0 Å². The Labute approximate surface area is 60.8 Å². The molecule has 0 fully saturated rings. The van der Waals surface area contributed by atoms with E-state index in [9.17, 15) is 0 Å². The van der Waals surface area contributed by atoms with Crippen LogP contribution in [0.5, 0.6) is 0 Å². The molecular weight excluding hydrogens is 164 g/mol. The lowest BCUT2D eigenvalue weighted by atomic mass is 10.2. The minimum Gasteiger partial charge on any atom is -0.0891 e. The topological polar surface area (TPSA) is 0 Å². The van der Waals surface area contributed by atoms with Crippen LogP contribution in [0.4, 0.5) is 0 Å². The second-order valence-electron chi connectivity index (χ2n) is 2.15. The molecule has 0 saturated heterocycles. The van der Waals surface area contributed by atoms with Crippen molar-refractivity contribution in [2.24, 2.45) is 0 Å². The number of halogens is 1. The van der Waals surface area contributed by atoms with Crippen LogP contribution < -0.4 is 0 Å². The summed E-state index contributed by atoms with van der Waals surface area (Å²) in [6.07, 6.45) is 5.29. The first-order valence-electron chi connectivity index (χ1n) is 3.45. The van der Waals surface area contributed by atoms with Gasteiger partial charge in [0.1, 0.15) is 0 Å². The Morgan fingerprint density at radius 2 is 2.00 bits per heavy atom. The van der Waals surface area contributed by atoms with Gasteiger partial charge in [0.2, 0.25) is 0 Å². The van der Waals surface area contributed by atoms with Crippen molar-refractivity contribution in [2.45, 2.75) is 44.4 Å². The zero-order valence-electron chi connectivity index (χ0n) is 5.78. The maximum Gasteiger partial charge on any atom is 0.0143 e. The Kier molecular flexibility index (Phi) is 5.95. The van der Waals surface area contributed by atoms with Gasteiger partial charge in [-0.15, -0.1) is 0 Å². The number of unbranched alkanes of at least 4 members (excludes halogenated alkanes) is 1. The van der Waals surface area contributed by atoms with Gasteiger partial charge in [-0.3, -0.25) is 0 Å². The van der Waals surface area contributed by atoms with Gasteiger partial charge in [0.05, 0.1) is 0 Å². The van der Waals surface area contributed by atoms with E-state index in [-0.39, 0.29) is 0 Å². The van der Waals surface area contributed by atoms with E-state index in [2.05, 4.69) is 29.8 Å². The predicted octanol–water partition coefficient (Wildman–Crippen LogP) is 3.35. The van der Waals surface area contributed by atoms with Crippen LogP contribution in [0.2, 0.25) is 0 Å². The van der Waals surface area contributed by atoms with Crippen LogP contribution in [0, 0.1) is 0 Å². The number of hydrogen-bond donors (Lipinski definition) is 0. The third-order valence-corrected chi connectivity index (χ3v) is 2.42. The highest BCUT2D eigenvalue weighted by atomic mass is 79.9. The summed E-state index contributed by atoms with van der Waals surface area (Å²) in [7, 11) is 0. The largest absolute Gasteiger partial charge is 0.0891 e. The molecule has 0 unspecified atom stereocenters.